The summed E-state index contributed by atoms with van der Waals surface area (Å²) in [5.41, 5.74) is 0.951. The summed E-state index contributed by atoms with van der Waals surface area (Å²) in [5, 5.41) is 6.82. The normalized spacial score (nSPS) is 8.17. The zero-order valence-corrected chi connectivity index (χ0v) is 7.58. The Bertz CT molecular complexity index is 194. The highest BCUT2D eigenvalue weighted by Gasteiger charge is 1.77. The van der Waals surface area contributed by atoms with E-state index in [9.17, 15) is 0 Å². The number of hydrogen-bond donors (Lipinski definition) is 1. The third-order valence-electron chi connectivity index (χ3n) is 1.25. The van der Waals surface area contributed by atoms with Crippen molar-refractivity contribution in [3.63, 3.8) is 0 Å². The summed E-state index contributed by atoms with van der Waals surface area (Å²) in [6.45, 7) is 2.78. The Labute approximate surface area is 73.7 Å². The maximum absolute atomic E-state index is 6.82. The van der Waals surface area contributed by atoms with Gasteiger partial charge in [-0.05, 0) is 12.5 Å². The van der Waals surface area contributed by atoms with Crippen LogP contribution >= 0.6 is 0 Å². The second-order valence-corrected chi connectivity index (χ2v) is 2.13. The van der Waals surface area contributed by atoms with Gasteiger partial charge in [-0.25, -0.2) is 0 Å². The molecule has 1 aromatic rings. The molecular weight excluding hydrogens is 150 g/mol. The molecule has 66 valence electrons. The third kappa shape index (κ3) is 5.62. The first kappa shape index (κ1) is 10.8. The van der Waals surface area contributed by atoms with E-state index >= 15 is 0 Å². The molecule has 0 fully saturated rings. The van der Waals surface area contributed by atoms with Crippen molar-refractivity contribution in [3.05, 3.63) is 35.9 Å². The molecule has 0 aliphatic heterocycles. The fourth-order valence-corrected chi connectivity index (χ4v) is 0.549. The number of nitrogens with one attached hydrogen (secondary N) is 1. The van der Waals surface area contributed by atoms with Crippen LogP contribution in [-0.4, -0.2) is 19.9 Å². The van der Waals surface area contributed by atoms with Crippen LogP contribution in [0.3, 0.4) is 0 Å². The number of methoxy groups -OCH3 is 1. The van der Waals surface area contributed by atoms with Gasteiger partial charge in [-0.2, -0.15) is 0 Å². The van der Waals surface area contributed by atoms with Crippen molar-refractivity contribution >= 4 is 6.21 Å². The van der Waals surface area contributed by atoms with E-state index in [2.05, 4.69) is 4.74 Å². The minimum atomic E-state index is 0.819. The highest BCUT2D eigenvalue weighted by atomic mass is 16.5. The Balaban J connectivity index is 0.000000261. The lowest BCUT2D eigenvalue weighted by atomic mass is 10.2. The molecule has 0 aliphatic rings. The van der Waals surface area contributed by atoms with Crippen LogP contribution in [0.1, 0.15) is 12.5 Å². The monoisotopic (exact) mass is 165 g/mol. The molecule has 0 atom stereocenters. The SMILES string of the molecule is CCOC.N=Cc1ccccc1. The molecule has 0 bridgehead atoms. The largest absolute Gasteiger partial charge is 0.385 e. The Morgan fingerprint density at radius 2 is 1.83 bits per heavy atom. The van der Waals surface area contributed by atoms with E-state index in [1.807, 2.05) is 37.3 Å². The van der Waals surface area contributed by atoms with Crippen molar-refractivity contribution in [2.45, 2.75) is 6.92 Å². The summed E-state index contributed by atoms with van der Waals surface area (Å²) in [6, 6.07) is 9.56. The Morgan fingerprint density at radius 3 is 2.08 bits per heavy atom. The van der Waals surface area contributed by atoms with Gasteiger partial charge in [-0.1, -0.05) is 30.3 Å². The number of ether oxygens (including phenoxy) is 1. The summed E-state index contributed by atoms with van der Waals surface area (Å²) < 4.78 is 4.54. The summed E-state index contributed by atoms with van der Waals surface area (Å²) in [7, 11) is 1.68. The molecule has 2 heteroatoms. The predicted octanol–water partition coefficient (Wildman–Crippen LogP) is 2.34. The Kier molecular flexibility index (Phi) is 7.19. The van der Waals surface area contributed by atoms with Gasteiger partial charge in [0, 0.05) is 19.9 Å². The standard InChI is InChI=1S/C7H7N.C3H8O/c8-6-7-4-2-1-3-5-7;1-3-4-2/h1-6,8H;3H2,1-2H3. The highest BCUT2D eigenvalue weighted by molar-refractivity contribution is 5.76. The van der Waals surface area contributed by atoms with E-state index < -0.39 is 0 Å². The van der Waals surface area contributed by atoms with Crippen molar-refractivity contribution in [2.75, 3.05) is 13.7 Å². The quantitative estimate of drug-likeness (QED) is 0.670. The molecule has 1 N–H and O–H groups in total. The van der Waals surface area contributed by atoms with Crippen LogP contribution in [0.4, 0.5) is 0 Å². The molecule has 1 aromatic carbocycles. The van der Waals surface area contributed by atoms with Crippen LogP contribution < -0.4 is 0 Å². The van der Waals surface area contributed by atoms with Gasteiger partial charge in [-0.3, -0.25) is 0 Å². The first-order valence-corrected chi connectivity index (χ1v) is 3.89. The fraction of sp³-hybridized carbons (Fsp3) is 0.300. The van der Waals surface area contributed by atoms with Crippen molar-refractivity contribution in [3.8, 4) is 0 Å². The average Bonchev–Trinajstić information content (AvgIpc) is 2.19. The van der Waals surface area contributed by atoms with Gasteiger partial charge >= 0.3 is 0 Å². The van der Waals surface area contributed by atoms with E-state index in [1.165, 1.54) is 6.21 Å². The van der Waals surface area contributed by atoms with E-state index in [1.54, 1.807) is 7.11 Å². The topological polar surface area (TPSA) is 33.1 Å². The zero-order chi connectivity index (χ0) is 9.23. The first-order valence-electron chi connectivity index (χ1n) is 3.89. The van der Waals surface area contributed by atoms with Gasteiger partial charge in [0.1, 0.15) is 0 Å². The van der Waals surface area contributed by atoms with Crippen molar-refractivity contribution in [1.29, 1.82) is 5.41 Å². The summed E-state index contributed by atoms with van der Waals surface area (Å²) in [5.74, 6) is 0. The maximum Gasteiger partial charge on any atom is 0.0433 e. The molecule has 0 spiro atoms. The van der Waals surface area contributed by atoms with Gasteiger partial charge in [0.15, 0.2) is 0 Å². The Hall–Kier alpha value is -1.15. The van der Waals surface area contributed by atoms with Gasteiger partial charge in [0.2, 0.25) is 0 Å². The molecule has 1 rings (SSSR count). The first-order chi connectivity index (χ1) is 5.85. The zero-order valence-electron chi connectivity index (χ0n) is 7.58. The van der Waals surface area contributed by atoms with Crippen LogP contribution in [0.15, 0.2) is 30.3 Å². The molecule has 0 heterocycles. The van der Waals surface area contributed by atoms with Gasteiger partial charge in [-0.15, -0.1) is 0 Å². The summed E-state index contributed by atoms with van der Waals surface area (Å²) in [4.78, 5) is 0. The smallest absolute Gasteiger partial charge is 0.0433 e. The van der Waals surface area contributed by atoms with Gasteiger partial charge in [0.25, 0.3) is 0 Å². The van der Waals surface area contributed by atoms with Crippen LogP contribution in [0.25, 0.3) is 0 Å². The predicted molar refractivity (Wildman–Crippen MR) is 51.9 cm³/mol. The highest BCUT2D eigenvalue weighted by Crippen LogP contribution is 1.91. The van der Waals surface area contributed by atoms with E-state index in [4.69, 9.17) is 5.41 Å². The van der Waals surface area contributed by atoms with Crippen molar-refractivity contribution in [1.82, 2.24) is 0 Å². The number of rotatable bonds is 2. The van der Waals surface area contributed by atoms with Crippen molar-refractivity contribution in [2.24, 2.45) is 0 Å². The summed E-state index contributed by atoms with van der Waals surface area (Å²) in [6.07, 6.45) is 1.33. The number of benzene rings is 1. The number of hydrogen-bond acceptors (Lipinski definition) is 2. The molecule has 0 amide bonds. The molecule has 0 saturated carbocycles. The lowest BCUT2D eigenvalue weighted by molar-refractivity contribution is 0.215. The maximum atomic E-state index is 6.82. The van der Waals surface area contributed by atoms with Gasteiger partial charge < -0.3 is 10.1 Å². The molecule has 12 heavy (non-hydrogen) atoms. The third-order valence-corrected chi connectivity index (χ3v) is 1.25. The lowest BCUT2D eigenvalue weighted by Gasteiger charge is -1.84. The molecule has 0 unspecified atom stereocenters. The Morgan fingerprint density at radius 1 is 1.33 bits per heavy atom. The second-order valence-electron chi connectivity index (χ2n) is 2.13. The second kappa shape index (κ2) is 7.95. The van der Waals surface area contributed by atoms with Crippen molar-refractivity contribution < 1.29 is 4.74 Å². The van der Waals surface area contributed by atoms with Crippen LogP contribution in [-0.2, 0) is 4.74 Å². The van der Waals surface area contributed by atoms with E-state index in [0.717, 1.165) is 12.2 Å². The van der Waals surface area contributed by atoms with Crippen LogP contribution in [0.5, 0.6) is 0 Å². The molecule has 0 aromatic heterocycles. The lowest BCUT2D eigenvalue weighted by Crippen LogP contribution is -1.73. The molecular formula is C10H15NO. The average molecular weight is 165 g/mol. The molecule has 2 nitrogen and oxygen atoms in total. The van der Waals surface area contributed by atoms with Gasteiger partial charge in [0.05, 0.1) is 0 Å². The van der Waals surface area contributed by atoms with E-state index in [0.29, 0.717) is 0 Å². The minimum absolute atomic E-state index is 0.819. The van der Waals surface area contributed by atoms with Crippen LogP contribution in [0.2, 0.25) is 0 Å². The molecule has 0 aliphatic carbocycles. The van der Waals surface area contributed by atoms with E-state index in [-0.39, 0.29) is 0 Å². The fourth-order valence-electron chi connectivity index (χ4n) is 0.549. The molecule has 0 radical (unpaired) electrons. The van der Waals surface area contributed by atoms with Crippen LogP contribution in [0, 0.1) is 5.41 Å². The summed E-state index contributed by atoms with van der Waals surface area (Å²) >= 11 is 0. The minimum Gasteiger partial charge on any atom is -0.385 e. The molecule has 0 saturated heterocycles.